The number of carboxylic acid groups (broad SMARTS) is 1. The van der Waals surface area contributed by atoms with Crippen molar-refractivity contribution in [1.82, 2.24) is 5.32 Å². The van der Waals surface area contributed by atoms with E-state index in [9.17, 15) is 30.7 Å². The summed E-state index contributed by atoms with van der Waals surface area (Å²) in [6.07, 6.45) is -7.61. The molecule has 3 rings (SSSR count). The SMILES string of the molecule is Fc1cc(C(F)(F)F)ccc1COC1CC2(CNC2)C1.O=C(O)C(F)(F)F. The van der Waals surface area contributed by atoms with Crippen LogP contribution in [0, 0.1) is 11.2 Å². The highest BCUT2D eigenvalue weighted by molar-refractivity contribution is 5.73. The van der Waals surface area contributed by atoms with E-state index in [0.717, 1.165) is 38.1 Å². The molecule has 1 saturated heterocycles. The third kappa shape index (κ3) is 5.55. The first-order valence-electron chi connectivity index (χ1n) is 7.80. The molecule has 1 saturated carbocycles. The molecule has 1 heterocycles. The molecule has 27 heavy (non-hydrogen) atoms. The molecule has 2 fully saturated rings. The first-order chi connectivity index (χ1) is 12.3. The van der Waals surface area contributed by atoms with Gasteiger partial charge in [0.25, 0.3) is 0 Å². The Balaban J connectivity index is 0.000000321. The van der Waals surface area contributed by atoms with Gasteiger partial charge in [-0.3, -0.25) is 0 Å². The van der Waals surface area contributed by atoms with Gasteiger partial charge >= 0.3 is 18.3 Å². The van der Waals surface area contributed by atoms with E-state index in [0.29, 0.717) is 11.5 Å². The van der Waals surface area contributed by atoms with E-state index in [1.807, 2.05) is 0 Å². The Morgan fingerprint density at radius 3 is 2.11 bits per heavy atom. The third-order valence-electron chi connectivity index (χ3n) is 4.42. The van der Waals surface area contributed by atoms with E-state index in [4.69, 9.17) is 14.6 Å². The molecule has 0 atom stereocenters. The normalized spacial score (nSPS) is 18.9. The van der Waals surface area contributed by atoms with Crippen LogP contribution in [-0.2, 0) is 22.3 Å². The maximum absolute atomic E-state index is 13.6. The van der Waals surface area contributed by atoms with Crippen molar-refractivity contribution in [3.63, 3.8) is 0 Å². The Kier molecular flexibility index (Phi) is 6.05. The van der Waals surface area contributed by atoms with Gasteiger partial charge in [0.15, 0.2) is 0 Å². The van der Waals surface area contributed by atoms with Crippen molar-refractivity contribution in [1.29, 1.82) is 0 Å². The fourth-order valence-corrected chi connectivity index (χ4v) is 2.84. The molecule has 152 valence electrons. The summed E-state index contributed by atoms with van der Waals surface area (Å²) < 4.78 is 88.1. The molecule has 4 nitrogen and oxygen atoms in total. The molecule has 0 amide bonds. The average molecular weight is 403 g/mol. The van der Waals surface area contributed by atoms with Crippen LogP contribution in [0.25, 0.3) is 0 Å². The number of halogens is 7. The van der Waals surface area contributed by atoms with Crippen LogP contribution in [0.3, 0.4) is 0 Å². The number of hydrogen-bond donors (Lipinski definition) is 2. The molecule has 2 aliphatic rings. The lowest BCUT2D eigenvalue weighted by Crippen LogP contribution is -2.62. The van der Waals surface area contributed by atoms with E-state index < -0.39 is 29.7 Å². The predicted octanol–water partition coefficient (Wildman–Crippen LogP) is 3.75. The molecule has 0 bridgehead atoms. The van der Waals surface area contributed by atoms with Crippen molar-refractivity contribution >= 4 is 5.97 Å². The molecule has 0 aromatic heterocycles. The minimum atomic E-state index is -5.08. The molecule has 1 aromatic rings. The second-order valence-electron chi connectivity index (χ2n) is 6.55. The van der Waals surface area contributed by atoms with Crippen LogP contribution in [0.2, 0.25) is 0 Å². The number of aliphatic carboxylic acids is 1. The lowest BCUT2D eigenvalue weighted by molar-refractivity contribution is -0.192. The van der Waals surface area contributed by atoms with Crippen molar-refractivity contribution in [2.75, 3.05) is 13.1 Å². The Hall–Kier alpha value is -1.88. The summed E-state index contributed by atoms with van der Waals surface area (Å²) in [5.74, 6) is -3.62. The molecular weight excluding hydrogens is 387 g/mol. The summed E-state index contributed by atoms with van der Waals surface area (Å²) in [6, 6.07) is 2.56. The largest absolute Gasteiger partial charge is 0.490 e. The van der Waals surface area contributed by atoms with Gasteiger partial charge in [-0.25, -0.2) is 9.18 Å². The van der Waals surface area contributed by atoms with Gasteiger partial charge in [0.1, 0.15) is 5.82 Å². The highest BCUT2D eigenvalue weighted by Gasteiger charge is 2.48. The molecule has 1 aliphatic heterocycles. The lowest BCUT2D eigenvalue weighted by Gasteiger charge is -2.54. The van der Waals surface area contributed by atoms with Gasteiger partial charge in [-0.05, 0) is 25.0 Å². The van der Waals surface area contributed by atoms with E-state index in [-0.39, 0.29) is 18.3 Å². The van der Waals surface area contributed by atoms with E-state index in [2.05, 4.69) is 5.32 Å². The summed E-state index contributed by atoms with van der Waals surface area (Å²) in [4.78, 5) is 8.90. The van der Waals surface area contributed by atoms with Crippen LogP contribution in [0.5, 0.6) is 0 Å². The Morgan fingerprint density at radius 1 is 1.19 bits per heavy atom. The summed E-state index contributed by atoms with van der Waals surface area (Å²) >= 11 is 0. The highest BCUT2D eigenvalue weighted by Crippen LogP contribution is 2.45. The fraction of sp³-hybridized carbons (Fsp3) is 0.562. The fourth-order valence-electron chi connectivity index (χ4n) is 2.84. The molecule has 1 spiro atoms. The van der Waals surface area contributed by atoms with Gasteiger partial charge in [-0.2, -0.15) is 26.3 Å². The quantitative estimate of drug-likeness (QED) is 0.755. The second kappa shape index (κ2) is 7.63. The first-order valence-corrected chi connectivity index (χ1v) is 7.80. The topological polar surface area (TPSA) is 58.6 Å². The minimum Gasteiger partial charge on any atom is -0.475 e. The van der Waals surface area contributed by atoms with Crippen LogP contribution in [-0.4, -0.2) is 36.4 Å². The number of carbonyl (C=O) groups is 1. The maximum atomic E-state index is 13.6. The van der Waals surface area contributed by atoms with E-state index in [1.54, 1.807) is 0 Å². The van der Waals surface area contributed by atoms with Gasteiger partial charge < -0.3 is 15.2 Å². The van der Waals surface area contributed by atoms with Crippen LogP contribution in [0.4, 0.5) is 30.7 Å². The number of alkyl halides is 6. The first kappa shape index (κ1) is 21.4. The summed E-state index contributed by atoms with van der Waals surface area (Å²) in [5.41, 5.74) is -0.434. The summed E-state index contributed by atoms with van der Waals surface area (Å²) in [6.45, 7) is 2.03. The molecule has 2 N–H and O–H groups in total. The number of carboxylic acids is 1. The van der Waals surface area contributed by atoms with E-state index >= 15 is 0 Å². The summed E-state index contributed by atoms with van der Waals surface area (Å²) in [7, 11) is 0. The number of hydrogen-bond acceptors (Lipinski definition) is 3. The van der Waals surface area contributed by atoms with Crippen molar-refractivity contribution in [3.05, 3.63) is 35.1 Å². The Labute approximate surface area is 149 Å². The van der Waals surface area contributed by atoms with Crippen molar-refractivity contribution < 1.29 is 45.4 Å². The average Bonchev–Trinajstić information content (AvgIpc) is 2.44. The van der Waals surface area contributed by atoms with Gasteiger partial charge in [-0.15, -0.1) is 0 Å². The van der Waals surface area contributed by atoms with E-state index in [1.165, 1.54) is 0 Å². The van der Waals surface area contributed by atoms with Crippen molar-refractivity contribution in [2.24, 2.45) is 5.41 Å². The van der Waals surface area contributed by atoms with Gasteiger partial charge in [0, 0.05) is 24.1 Å². The second-order valence-corrected chi connectivity index (χ2v) is 6.55. The van der Waals surface area contributed by atoms with Crippen molar-refractivity contribution in [2.45, 2.75) is 37.9 Å². The predicted molar refractivity (Wildman–Crippen MR) is 78.2 cm³/mol. The van der Waals surface area contributed by atoms with Crippen LogP contribution >= 0.6 is 0 Å². The Bertz CT molecular complexity index is 676. The number of nitrogens with one attached hydrogen (secondary N) is 1. The molecular formula is C16H16F7NO3. The van der Waals surface area contributed by atoms with Gasteiger partial charge in [-0.1, -0.05) is 6.07 Å². The zero-order valence-corrected chi connectivity index (χ0v) is 13.8. The molecule has 0 unspecified atom stereocenters. The zero-order chi connectivity index (χ0) is 20.5. The number of ether oxygens (including phenoxy) is 1. The molecule has 1 aromatic carbocycles. The van der Waals surface area contributed by atoms with Gasteiger partial charge in [0.05, 0.1) is 18.3 Å². The maximum Gasteiger partial charge on any atom is 0.490 e. The van der Waals surface area contributed by atoms with Crippen LogP contribution in [0.15, 0.2) is 18.2 Å². The zero-order valence-electron chi connectivity index (χ0n) is 13.8. The van der Waals surface area contributed by atoms with Crippen molar-refractivity contribution in [3.8, 4) is 0 Å². The monoisotopic (exact) mass is 403 g/mol. The molecule has 0 radical (unpaired) electrons. The third-order valence-corrected chi connectivity index (χ3v) is 4.42. The molecule has 1 aliphatic carbocycles. The summed E-state index contributed by atoms with van der Waals surface area (Å²) in [5, 5.41) is 10.3. The lowest BCUT2D eigenvalue weighted by atomic mass is 9.63. The number of rotatable bonds is 3. The van der Waals surface area contributed by atoms with Crippen LogP contribution < -0.4 is 5.32 Å². The minimum absolute atomic E-state index is 0.0259. The smallest absolute Gasteiger partial charge is 0.475 e. The standard InChI is InChI=1S/C14H15F4NO.C2HF3O2/c15-12-3-10(14(16,17)18)2-1-9(12)6-20-11-4-13(5-11)7-19-8-13;3-2(4,5)1(6)7/h1-3,11,19H,4-8H2;(H,6,7). The highest BCUT2D eigenvalue weighted by atomic mass is 19.4. The molecule has 11 heteroatoms. The van der Waals surface area contributed by atoms with Gasteiger partial charge in [0.2, 0.25) is 0 Å². The number of benzene rings is 1. The Morgan fingerprint density at radius 2 is 1.74 bits per heavy atom. The van der Waals surface area contributed by atoms with Crippen LogP contribution in [0.1, 0.15) is 24.0 Å².